The predicted octanol–water partition coefficient (Wildman–Crippen LogP) is 3.31. The molecule has 1 aliphatic heterocycles. The zero-order valence-electron chi connectivity index (χ0n) is 10.7. The van der Waals surface area contributed by atoms with Crippen molar-refractivity contribution in [1.82, 2.24) is 4.90 Å². The van der Waals surface area contributed by atoms with E-state index in [0.29, 0.717) is 16.5 Å². The lowest BCUT2D eigenvalue weighted by Gasteiger charge is -2.36. The molecule has 2 atom stereocenters. The third-order valence-corrected chi connectivity index (χ3v) is 3.91. The second kappa shape index (κ2) is 5.19. The second-order valence-corrected chi connectivity index (χ2v) is 5.55. The van der Waals surface area contributed by atoms with Crippen LogP contribution in [0.3, 0.4) is 0 Å². The third-order valence-electron chi connectivity index (χ3n) is 3.58. The number of rotatable bonds is 1. The van der Waals surface area contributed by atoms with Gasteiger partial charge in [0.15, 0.2) is 0 Å². The lowest BCUT2D eigenvalue weighted by atomic mass is 9.93. The van der Waals surface area contributed by atoms with Crippen LogP contribution in [0.5, 0.6) is 5.75 Å². The number of phenols is 1. The summed E-state index contributed by atoms with van der Waals surface area (Å²) in [4.78, 5) is 14.3. The fourth-order valence-corrected chi connectivity index (χ4v) is 2.74. The Balaban J connectivity index is 2.23. The van der Waals surface area contributed by atoms with Crippen molar-refractivity contribution in [3.8, 4) is 5.75 Å². The Morgan fingerprint density at radius 2 is 2.17 bits per heavy atom. The molecule has 1 aromatic carbocycles. The predicted molar refractivity (Wildman–Crippen MR) is 72.0 cm³/mol. The molecule has 18 heavy (non-hydrogen) atoms. The summed E-state index contributed by atoms with van der Waals surface area (Å²) in [6.07, 6.45) is 2.04. The molecule has 0 saturated carbocycles. The van der Waals surface area contributed by atoms with Gasteiger partial charge < -0.3 is 10.0 Å². The van der Waals surface area contributed by atoms with Gasteiger partial charge in [-0.2, -0.15) is 0 Å². The normalized spacial score (nSPS) is 24.1. The molecule has 1 aromatic rings. The van der Waals surface area contributed by atoms with Gasteiger partial charge in [-0.05, 0) is 43.9 Å². The number of likely N-dealkylation sites (tertiary alicyclic amines) is 1. The smallest absolute Gasteiger partial charge is 0.255 e. The van der Waals surface area contributed by atoms with Gasteiger partial charge in [-0.15, -0.1) is 0 Å². The van der Waals surface area contributed by atoms with Crippen molar-refractivity contribution in [2.75, 3.05) is 6.54 Å². The van der Waals surface area contributed by atoms with Crippen LogP contribution in [0.15, 0.2) is 18.2 Å². The summed E-state index contributed by atoms with van der Waals surface area (Å²) in [7, 11) is 0. The van der Waals surface area contributed by atoms with Gasteiger partial charge in [-0.25, -0.2) is 0 Å². The number of piperidine rings is 1. The van der Waals surface area contributed by atoms with Gasteiger partial charge in [0.05, 0.1) is 10.6 Å². The van der Waals surface area contributed by atoms with Gasteiger partial charge in [0.25, 0.3) is 5.91 Å². The number of carbonyl (C=O) groups is 1. The summed E-state index contributed by atoms with van der Waals surface area (Å²) < 4.78 is 0. The highest BCUT2D eigenvalue weighted by molar-refractivity contribution is 6.33. The monoisotopic (exact) mass is 267 g/mol. The Labute approximate surface area is 112 Å². The first-order chi connectivity index (χ1) is 8.49. The van der Waals surface area contributed by atoms with Crippen molar-refractivity contribution in [3.63, 3.8) is 0 Å². The summed E-state index contributed by atoms with van der Waals surface area (Å²) in [5.41, 5.74) is 0.387. The van der Waals surface area contributed by atoms with Gasteiger partial charge >= 0.3 is 0 Å². The molecule has 2 rings (SSSR count). The zero-order chi connectivity index (χ0) is 13.3. The van der Waals surface area contributed by atoms with E-state index in [1.165, 1.54) is 12.1 Å². The van der Waals surface area contributed by atoms with E-state index in [4.69, 9.17) is 11.6 Å². The number of hydrogen-bond donors (Lipinski definition) is 1. The fourth-order valence-electron chi connectivity index (χ4n) is 2.54. The van der Waals surface area contributed by atoms with Gasteiger partial charge in [0.2, 0.25) is 0 Å². The molecule has 1 fully saturated rings. The van der Waals surface area contributed by atoms with Crippen LogP contribution in [0.4, 0.5) is 0 Å². The molecular weight excluding hydrogens is 250 g/mol. The highest BCUT2D eigenvalue weighted by Gasteiger charge is 2.28. The number of phenolic OH excluding ortho intramolecular Hbond substituents is 1. The average molecular weight is 268 g/mol. The van der Waals surface area contributed by atoms with E-state index in [1.54, 1.807) is 6.07 Å². The van der Waals surface area contributed by atoms with E-state index in [0.717, 1.165) is 19.4 Å². The number of nitrogens with zero attached hydrogens (tertiary/aromatic N) is 1. The molecule has 2 unspecified atom stereocenters. The Bertz CT molecular complexity index is 461. The van der Waals surface area contributed by atoms with E-state index in [-0.39, 0.29) is 17.7 Å². The van der Waals surface area contributed by atoms with E-state index in [9.17, 15) is 9.90 Å². The van der Waals surface area contributed by atoms with Crippen molar-refractivity contribution in [3.05, 3.63) is 28.8 Å². The molecule has 3 nitrogen and oxygen atoms in total. The maximum absolute atomic E-state index is 12.4. The van der Waals surface area contributed by atoms with E-state index in [1.807, 2.05) is 4.90 Å². The lowest BCUT2D eigenvalue weighted by molar-refractivity contribution is 0.0588. The van der Waals surface area contributed by atoms with E-state index >= 15 is 0 Å². The van der Waals surface area contributed by atoms with Gasteiger partial charge in [0, 0.05) is 12.6 Å². The molecule has 1 amide bonds. The van der Waals surface area contributed by atoms with Crippen LogP contribution >= 0.6 is 11.6 Å². The number of amides is 1. The third kappa shape index (κ3) is 2.61. The summed E-state index contributed by atoms with van der Waals surface area (Å²) >= 11 is 6.03. The number of benzene rings is 1. The molecule has 1 saturated heterocycles. The minimum absolute atomic E-state index is 0.0702. The molecule has 0 spiro atoms. The molecule has 0 aliphatic carbocycles. The summed E-state index contributed by atoms with van der Waals surface area (Å²) in [6, 6.07) is 4.71. The van der Waals surface area contributed by atoms with Crippen molar-refractivity contribution in [2.24, 2.45) is 5.92 Å². The average Bonchev–Trinajstić information content (AvgIpc) is 2.31. The second-order valence-electron chi connectivity index (χ2n) is 5.14. The minimum atomic E-state index is -0.0877. The number of aromatic hydroxyl groups is 1. The first-order valence-corrected chi connectivity index (χ1v) is 6.66. The van der Waals surface area contributed by atoms with E-state index in [2.05, 4.69) is 13.8 Å². The Hall–Kier alpha value is -1.22. The maximum Gasteiger partial charge on any atom is 0.255 e. The van der Waals surface area contributed by atoms with Crippen molar-refractivity contribution < 1.29 is 9.90 Å². The van der Waals surface area contributed by atoms with Crippen molar-refractivity contribution >= 4 is 17.5 Å². The number of hydrogen-bond acceptors (Lipinski definition) is 2. The lowest BCUT2D eigenvalue weighted by Crippen LogP contribution is -2.44. The molecule has 1 N–H and O–H groups in total. The maximum atomic E-state index is 12.4. The van der Waals surface area contributed by atoms with Crippen LogP contribution in [-0.4, -0.2) is 28.5 Å². The Morgan fingerprint density at radius 3 is 2.83 bits per heavy atom. The summed E-state index contributed by atoms with van der Waals surface area (Å²) in [6.45, 7) is 5.02. The first kappa shape index (κ1) is 13.2. The largest absolute Gasteiger partial charge is 0.508 e. The van der Waals surface area contributed by atoms with Gasteiger partial charge in [-0.3, -0.25) is 4.79 Å². The fraction of sp³-hybridized carbons (Fsp3) is 0.500. The van der Waals surface area contributed by atoms with Crippen molar-refractivity contribution in [1.29, 1.82) is 0 Å². The SMILES string of the molecule is CC1CCN(C(=O)c2cc(O)ccc2Cl)C(C)C1. The summed E-state index contributed by atoms with van der Waals surface area (Å²) in [5, 5.41) is 9.86. The van der Waals surface area contributed by atoms with Crippen LogP contribution in [0, 0.1) is 5.92 Å². The number of halogens is 1. The Kier molecular flexibility index (Phi) is 3.81. The van der Waals surface area contributed by atoms with Crippen LogP contribution in [0.1, 0.15) is 37.0 Å². The molecule has 0 aromatic heterocycles. The molecular formula is C14H18ClNO2. The molecule has 1 aliphatic rings. The highest BCUT2D eigenvalue weighted by atomic mass is 35.5. The van der Waals surface area contributed by atoms with Crippen LogP contribution < -0.4 is 0 Å². The summed E-state index contributed by atoms with van der Waals surface area (Å²) in [5.74, 6) is 0.639. The molecule has 0 radical (unpaired) electrons. The molecule has 0 bridgehead atoms. The Morgan fingerprint density at radius 1 is 1.44 bits per heavy atom. The van der Waals surface area contributed by atoms with Crippen LogP contribution in [-0.2, 0) is 0 Å². The molecule has 1 heterocycles. The van der Waals surface area contributed by atoms with Gasteiger partial charge in [-0.1, -0.05) is 18.5 Å². The standard InChI is InChI=1S/C14H18ClNO2/c1-9-5-6-16(10(2)7-9)14(18)12-8-11(17)3-4-13(12)15/h3-4,8-10,17H,5-7H2,1-2H3. The highest BCUT2D eigenvalue weighted by Crippen LogP contribution is 2.27. The van der Waals surface area contributed by atoms with E-state index < -0.39 is 0 Å². The van der Waals surface area contributed by atoms with Crippen LogP contribution in [0.2, 0.25) is 5.02 Å². The zero-order valence-corrected chi connectivity index (χ0v) is 11.4. The van der Waals surface area contributed by atoms with Crippen molar-refractivity contribution in [2.45, 2.75) is 32.7 Å². The molecule has 98 valence electrons. The van der Waals surface area contributed by atoms with Crippen LogP contribution in [0.25, 0.3) is 0 Å². The molecule has 4 heteroatoms. The van der Waals surface area contributed by atoms with Gasteiger partial charge in [0.1, 0.15) is 5.75 Å². The topological polar surface area (TPSA) is 40.5 Å². The quantitative estimate of drug-likeness (QED) is 0.848. The number of carbonyl (C=O) groups excluding carboxylic acids is 1. The first-order valence-electron chi connectivity index (χ1n) is 6.28. The minimum Gasteiger partial charge on any atom is -0.508 e.